The summed E-state index contributed by atoms with van der Waals surface area (Å²) in [6, 6.07) is 11.8. The third-order valence-electron chi connectivity index (χ3n) is 4.42. The van der Waals surface area contributed by atoms with E-state index in [2.05, 4.69) is 10.6 Å². The average Bonchev–Trinajstić information content (AvgIpc) is 2.66. The van der Waals surface area contributed by atoms with E-state index >= 15 is 0 Å². The summed E-state index contributed by atoms with van der Waals surface area (Å²) in [6.45, 7) is 4.25. The number of benzene rings is 1. The minimum Gasteiger partial charge on any atom is -0.427 e. The van der Waals surface area contributed by atoms with Gasteiger partial charge >= 0.3 is 5.63 Å². The second-order valence-electron chi connectivity index (χ2n) is 6.45. The first-order valence-electron chi connectivity index (χ1n) is 8.91. The Kier molecular flexibility index (Phi) is 8.03. The molecule has 6 nitrogen and oxygen atoms in total. The van der Waals surface area contributed by atoms with Gasteiger partial charge in [0.1, 0.15) is 11.3 Å². The summed E-state index contributed by atoms with van der Waals surface area (Å²) in [6.07, 6.45) is 1.31. The van der Waals surface area contributed by atoms with Gasteiger partial charge in [0.05, 0.1) is 12.7 Å². The number of ether oxygens (including phenoxy) is 1. The number of carbonyl (C=O) groups is 1. The van der Waals surface area contributed by atoms with Crippen molar-refractivity contribution >= 4 is 18.3 Å². The Morgan fingerprint density at radius 2 is 2.04 bits per heavy atom. The second-order valence-corrected chi connectivity index (χ2v) is 6.45. The van der Waals surface area contributed by atoms with Crippen LogP contribution in [-0.2, 0) is 17.6 Å². The Morgan fingerprint density at radius 3 is 2.70 bits per heavy atom. The van der Waals surface area contributed by atoms with Crippen molar-refractivity contribution in [1.29, 1.82) is 0 Å². The molecule has 1 aromatic carbocycles. The van der Waals surface area contributed by atoms with Crippen LogP contribution in [0.15, 0.2) is 45.6 Å². The van der Waals surface area contributed by atoms with E-state index in [4.69, 9.17) is 9.15 Å². The Hall–Kier alpha value is -2.15. The third kappa shape index (κ3) is 5.92. The van der Waals surface area contributed by atoms with Gasteiger partial charge in [-0.1, -0.05) is 30.3 Å². The van der Waals surface area contributed by atoms with Crippen molar-refractivity contribution < 1.29 is 13.9 Å². The van der Waals surface area contributed by atoms with Gasteiger partial charge in [0.2, 0.25) is 0 Å². The van der Waals surface area contributed by atoms with Gasteiger partial charge in [-0.2, -0.15) is 0 Å². The molecule has 1 aliphatic heterocycles. The van der Waals surface area contributed by atoms with Crippen LogP contribution in [0.1, 0.15) is 27.2 Å². The first kappa shape index (κ1) is 21.2. The molecule has 2 aromatic rings. The summed E-state index contributed by atoms with van der Waals surface area (Å²) < 4.78 is 10.9. The van der Waals surface area contributed by atoms with Gasteiger partial charge in [0, 0.05) is 26.1 Å². The van der Waals surface area contributed by atoms with E-state index in [1.807, 2.05) is 30.3 Å². The first-order valence-corrected chi connectivity index (χ1v) is 8.91. The van der Waals surface area contributed by atoms with Crippen molar-refractivity contribution in [2.45, 2.75) is 25.9 Å². The maximum absolute atomic E-state index is 12.4. The lowest BCUT2D eigenvalue weighted by atomic mass is 10.1. The van der Waals surface area contributed by atoms with Crippen molar-refractivity contribution in [2.75, 3.05) is 26.2 Å². The van der Waals surface area contributed by atoms with Crippen molar-refractivity contribution in [3.63, 3.8) is 0 Å². The molecule has 146 valence electrons. The van der Waals surface area contributed by atoms with Gasteiger partial charge in [-0.25, -0.2) is 4.79 Å². The van der Waals surface area contributed by atoms with Crippen LogP contribution < -0.4 is 16.3 Å². The molecule has 0 saturated carbocycles. The number of carbonyl (C=O) groups excluding carboxylic acids is 1. The van der Waals surface area contributed by atoms with E-state index in [0.29, 0.717) is 37.4 Å². The number of nitrogens with one attached hydrogen (secondary N) is 2. The number of aryl methyl sites for hydroxylation is 3. The average molecular weight is 393 g/mol. The molecule has 0 radical (unpaired) electrons. The molecular formula is C20H25ClN2O4. The predicted octanol–water partition coefficient (Wildman–Crippen LogP) is 1.87. The highest BCUT2D eigenvalue weighted by Crippen LogP contribution is 2.10. The second kappa shape index (κ2) is 10.3. The van der Waals surface area contributed by atoms with Crippen LogP contribution in [0, 0.1) is 6.92 Å². The maximum Gasteiger partial charge on any atom is 0.349 e. The Bertz CT molecular complexity index is 801. The highest BCUT2D eigenvalue weighted by atomic mass is 35.5. The standard InChI is InChI=1S/C20H24N2O4.ClH/c1-14-11-16(8-7-15-5-3-2-4-6-15)26-20(24)18(14)19(23)22-13-17-12-21-9-10-25-17;/h2-6,11,17,21H,7-10,12-13H2,1H3,(H,22,23);1H. The number of rotatable bonds is 6. The Labute approximate surface area is 164 Å². The smallest absolute Gasteiger partial charge is 0.349 e. The highest BCUT2D eigenvalue weighted by Gasteiger charge is 2.19. The topological polar surface area (TPSA) is 80.6 Å². The summed E-state index contributed by atoms with van der Waals surface area (Å²) in [5, 5.41) is 5.96. The number of halogens is 1. The van der Waals surface area contributed by atoms with Gasteiger partial charge in [0.15, 0.2) is 0 Å². The fourth-order valence-corrected chi connectivity index (χ4v) is 3.03. The van der Waals surface area contributed by atoms with Crippen molar-refractivity contribution in [3.8, 4) is 0 Å². The SMILES string of the molecule is Cc1cc(CCc2ccccc2)oc(=O)c1C(=O)NCC1CNCCO1.Cl. The van der Waals surface area contributed by atoms with Crippen LogP contribution in [0.3, 0.4) is 0 Å². The summed E-state index contributed by atoms with van der Waals surface area (Å²) in [5.74, 6) is 0.174. The zero-order valence-corrected chi connectivity index (χ0v) is 16.1. The van der Waals surface area contributed by atoms with E-state index < -0.39 is 11.5 Å². The normalized spacial score (nSPS) is 16.4. The molecule has 1 saturated heterocycles. The third-order valence-corrected chi connectivity index (χ3v) is 4.42. The molecule has 0 bridgehead atoms. The fraction of sp³-hybridized carbons (Fsp3) is 0.400. The van der Waals surface area contributed by atoms with E-state index in [9.17, 15) is 9.59 Å². The minimum absolute atomic E-state index is 0. The van der Waals surface area contributed by atoms with Gasteiger partial charge < -0.3 is 19.8 Å². The van der Waals surface area contributed by atoms with Crippen LogP contribution in [0.4, 0.5) is 0 Å². The Morgan fingerprint density at radius 1 is 1.26 bits per heavy atom. The van der Waals surface area contributed by atoms with Gasteiger partial charge in [-0.3, -0.25) is 4.79 Å². The van der Waals surface area contributed by atoms with Crippen LogP contribution in [0.5, 0.6) is 0 Å². The number of hydrogen-bond donors (Lipinski definition) is 2. The highest BCUT2D eigenvalue weighted by molar-refractivity contribution is 5.95. The summed E-state index contributed by atoms with van der Waals surface area (Å²) in [5.41, 5.74) is 1.28. The molecule has 27 heavy (non-hydrogen) atoms. The van der Waals surface area contributed by atoms with E-state index in [1.54, 1.807) is 13.0 Å². The monoisotopic (exact) mass is 392 g/mol. The van der Waals surface area contributed by atoms with E-state index in [0.717, 1.165) is 13.0 Å². The lowest BCUT2D eigenvalue weighted by Gasteiger charge is -2.23. The van der Waals surface area contributed by atoms with Gasteiger partial charge in [-0.15, -0.1) is 12.4 Å². The van der Waals surface area contributed by atoms with Gasteiger partial charge in [-0.05, 0) is 30.5 Å². The Balaban J connectivity index is 0.00000261. The van der Waals surface area contributed by atoms with Crippen LogP contribution in [0.25, 0.3) is 0 Å². The van der Waals surface area contributed by atoms with E-state index in [1.165, 1.54) is 5.56 Å². The largest absolute Gasteiger partial charge is 0.427 e. The lowest BCUT2D eigenvalue weighted by Crippen LogP contribution is -2.45. The maximum atomic E-state index is 12.4. The minimum atomic E-state index is -0.590. The lowest BCUT2D eigenvalue weighted by molar-refractivity contribution is 0.0286. The van der Waals surface area contributed by atoms with Crippen LogP contribution >= 0.6 is 12.4 Å². The molecule has 0 aliphatic carbocycles. The van der Waals surface area contributed by atoms with E-state index in [-0.39, 0.29) is 24.1 Å². The van der Waals surface area contributed by atoms with Gasteiger partial charge in [0.25, 0.3) is 5.91 Å². The zero-order valence-electron chi connectivity index (χ0n) is 15.3. The molecule has 1 amide bonds. The molecular weight excluding hydrogens is 368 g/mol. The molecule has 1 aromatic heterocycles. The van der Waals surface area contributed by atoms with Crippen LogP contribution in [-0.4, -0.2) is 38.3 Å². The number of amides is 1. The van der Waals surface area contributed by atoms with Crippen molar-refractivity contribution in [2.24, 2.45) is 0 Å². The molecule has 1 aliphatic rings. The number of hydrogen-bond acceptors (Lipinski definition) is 5. The molecule has 1 unspecified atom stereocenters. The quantitative estimate of drug-likeness (QED) is 0.784. The zero-order chi connectivity index (χ0) is 18.4. The molecule has 2 heterocycles. The number of morpholine rings is 1. The molecule has 0 spiro atoms. The first-order chi connectivity index (χ1) is 12.6. The summed E-state index contributed by atoms with van der Waals surface area (Å²) in [4.78, 5) is 24.7. The van der Waals surface area contributed by atoms with Crippen molar-refractivity contribution in [3.05, 3.63) is 69.3 Å². The molecule has 7 heteroatoms. The van der Waals surface area contributed by atoms with Crippen LogP contribution in [0.2, 0.25) is 0 Å². The van der Waals surface area contributed by atoms with Crippen molar-refractivity contribution in [1.82, 2.24) is 10.6 Å². The summed E-state index contributed by atoms with van der Waals surface area (Å²) >= 11 is 0. The summed E-state index contributed by atoms with van der Waals surface area (Å²) in [7, 11) is 0. The fourth-order valence-electron chi connectivity index (χ4n) is 3.03. The predicted molar refractivity (Wildman–Crippen MR) is 106 cm³/mol. The molecule has 2 N–H and O–H groups in total. The molecule has 1 fully saturated rings. The molecule has 1 atom stereocenters. The molecule has 3 rings (SSSR count).